The molecular weight excluding hydrogens is 204 g/mol. The van der Waals surface area contributed by atoms with Gasteiger partial charge in [0.1, 0.15) is 0 Å². The molecule has 0 aromatic heterocycles. The summed E-state index contributed by atoms with van der Waals surface area (Å²) in [4.78, 5) is 11.6. The predicted octanol–water partition coefficient (Wildman–Crippen LogP) is 1.03. The van der Waals surface area contributed by atoms with Crippen molar-refractivity contribution in [3.8, 4) is 0 Å². The van der Waals surface area contributed by atoms with E-state index in [0.29, 0.717) is 18.9 Å². The van der Waals surface area contributed by atoms with E-state index in [4.69, 9.17) is 10.8 Å². The second kappa shape index (κ2) is 7.63. The van der Waals surface area contributed by atoms with E-state index >= 15 is 0 Å². The first kappa shape index (κ1) is 15.4. The van der Waals surface area contributed by atoms with Crippen LogP contribution in [0.4, 0.5) is 0 Å². The standard InChI is InChI=1S/C12H26N2O2/c1-4-10(7-8-13)5-6-11(16)14-12(2,3)9-15/h10,15H,4-9,13H2,1-3H3,(H,14,16). The lowest BCUT2D eigenvalue weighted by Gasteiger charge is -2.24. The van der Waals surface area contributed by atoms with E-state index in [9.17, 15) is 4.79 Å². The van der Waals surface area contributed by atoms with Crippen LogP contribution < -0.4 is 11.1 Å². The number of aliphatic hydroxyl groups is 1. The molecule has 0 aliphatic rings. The van der Waals surface area contributed by atoms with Gasteiger partial charge in [0.05, 0.1) is 12.1 Å². The zero-order chi connectivity index (χ0) is 12.6. The van der Waals surface area contributed by atoms with Crippen molar-refractivity contribution in [2.24, 2.45) is 11.7 Å². The Morgan fingerprint density at radius 1 is 1.44 bits per heavy atom. The second-order valence-corrected chi connectivity index (χ2v) is 4.98. The molecule has 1 unspecified atom stereocenters. The van der Waals surface area contributed by atoms with Gasteiger partial charge >= 0.3 is 0 Å². The van der Waals surface area contributed by atoms with Crippen molar-refractivity contribution in [2.45, 2.75) is 52.0 Å². The first-order chi connectivity index (χ1) is 7.45. The molecule has 4 heteroatoms. The number of hydrogen-bond acceptors (Lipinski definition) is 3. The molecule has 0 radical (unpaired) electrons. The van der Waals surface area contributed by atoms with Crippen LogP contribution in [0.15, 0.2) is 0 Å². The van der Waals surface area contributed by atoms with Crippen molar-refractivity contribution in [3.05, 3.63) is 0 Å². The van der Waals surface area contributed by atoms with Gasteiger partial charge in [0.25, 0.3) is 0 Å². The van der Waals surface area contributed by atoms with E-state index in [1.165, 1.54) is 0 Å². The minimum absolute atomic E-state index is 0.00882. The van der Waals surface area contributed by atoms with Gasteiger partial charge in [-0.1, -0.05) is 13.3 Å². The van der Waals surface area contributed by atoms with Gasteiger partial charge in [0.15, 0.2) is 0 Å². The largest absolute Gasteiger partial charge is 0.394 e. The lowest BCUT2D eigenvalue weighted by atomic mass is 9.96. The van der Waals surface area contributed by atoms with Crippen molar-refractivity contribution in [1.82, 2.24) is 5.32 Å². The molecule has 0 aliphatic carbocycles. The van der Waals surface area contributed by atoms with Gasteiger partial charge in [-0.05, 0) is 39.2 Å². The van der Waals surface area contributed by atoms with Crippen LogP contribution in [-0.2, 0) is 4.79 Å². The predicted molar refractivity (Wildman–Crippen MR) is 66.0 cm³/mol. The monoisotopic (exact) mass is 230 g/mol. The van der Waals surface area contributed by atoms with Gasteiger partial charge in [-0.3, -0.25) is 4.79 Å². The highest BCUT2D eigenvalue weighted by molar-refractivity contribution is 5.76. The van der Waals surface area contributed by atoms with Crippen LogP contribution in [0, 0.1) is 5.92 Å². The molecule has 0 saturated heterocycles. The van der Waals surface area contributed by atoms with E-state index in [-0.39, 0.29) is 12.5 Å². The highest BCUT2D eigenvalue weighted by Gasteiger charge is 2.19. The van der Waals surface area contributed by atoms with Crippen LogP contribution in [0.1, 0.15) is 46.5 Å². The molecule has 4 nitrogen and oxygen atoms in total. The number of carbonyl (C=O) groups excluding carboxylic acids is 1. The van der Waals surface area contributed by atoms with Crippen molar-refractivity contribution < 1.29 is 9.90 Å². The molecule has 4 N–H and O–H groups in total. The molecule has 96 valence electrons. The van der Waals surface area contributed by atoms with E-state index in [1.807, 2.05) is 13.8 Å². The van der Waals surface area contributed by atoms with Gasteiger partial charge in [0, 0.05) is 6.42 Å². The Bertz CT molecular complexity index is 205. The van der Waals surface area contributed by atoms with Crippen LogP contribution >= 0.6 is 0 Å². The molecule has 16 heavy (non-hydrogen) atoms. The Morgan fingerprint density at radius 3 is 2.50 bits per heavy atom. The Kier molecular flexibility index (Phi) is 7.34. The number of amides is 1. The summed E-state index contributed by atoms with van der Waals surface area (Å²) in [5, 5.41) is 11.8. The first-order valence-corrected chi connectivity index (χ1v) is 6.07. The molecule has 0 heterocycles. The van der Waals surface area contributed by atoms with Crippen LogP contribution in [0.5, 0.6) is 0 Å². The molecule has 0 aliphatic heterocycles. The van der Waals surface area contributed by atoms with E-state index in [2.05, 4.69) is 12.2 Å². The van der Waals surface area contributed by atoms with Gasteiger partial charge in [-0.15, -0.1) is 0 Å². The molecule has 0 fully saturated rings. The fraction of sp³-hybridized carbons (Fsp3) is 0.917. The molecule has 0 aromatic rings. The Hall–Kier alpha value is -0.610. The maximum Gasteiger partial charge on any atom is 0.220 e. The van der Waals surface area contributed by atoms with Crippen molar-refractivity contribution in [2.75, 3.05) is 13.2 Å². The SMILES string of the molecule is CCC(CCN)CCC(=O)NC(C)(C)CO. The summed E-state index contributed by atoms with van der Waals surface area (Å²) in [6, 6.07) is 0. The second-order valence-electron chi connectivity index (χ2n) is 4.98. The summed E-state index contributed by atoms with van der Waals surface area (Å²) in [6.07, 6.45) is 3.43. The molecule has 1 amide bonds. The number of aliphatic hydroxyl groups excluding tert-OH is 1. The maximum absolute atomic E-state index is 11.6. The first-order valence-electron chi connectivity index (χ1n) is 6.07. The topological polar surface area (TPSA) is 75.4 Å². The zero-order valence-corrected chi connectivity index (χ0v) is 10.8. The lowest BCUT2D eigenvalue weighted by Crippen LogP contribution is -2.46. The smallest absolute Gasteiger partial charge is 0.220 e. The third kappa shape index (κ3) is 6.80. The van der Waals surface area contributed by atoms with Crippen LogP contribution in [0.25, 0.3) is 0 Å². The Labute approximate surface area is 98.6 Å². The molecule has 0 saturated carbocycles. The van der Waals surface area contributed by atoms with E-state index in [0.717, 1.165) is 19.3 Å². The maximum atomic E-state index is 11.6. The Balaban J connectivity index is 3.88. The average molecular weight is 230 g/mol. The third-order valence-electron chi connectivity index (χ3n) is 2.81. The van der Waals surface area contributed by atoms with Crippen molar-refractivity contribution >= 4 is 5.91 Å². The van der Waals surface area contributed by atoms with Gasteiger partial charge in [-0.2, -0.15) is 0 Å². The number of rotatable bonds is 8. The van der Waals surface area contributed by atoms with Gasteiger partial charge < -0.3 is 16.2 Å². The summed E-state index contributed by atoms with van der Waals surface area (Å²) in [7, 11) is 0. The third-order valence-corrected chi connectivity index (χ3v) is 2.81. The van der Waals surface area contributed by atoms with Crippen LogP contribution in [-0.4, -0.2) is 29.7 Å². The highest BCUT2D eigenvalue weighted by Crippen LogP contribution is 2.14. The number of hydrogen-bond donors (Lipinski definition) is 3. The number of nitrogens with two attached hydrogens (primary N) is 1. The number of carbonyl (C=O) groups is 1. The number of nitrogens with one attached hydrogen (secondary N) is 1. The highest BCUT2D eigenvalue weighted by atomic mass is 16.3. The minimum Gasteiger partial charge on any atom is -0.394 e. The normalized spacial score (nSPS) is 13.6. The summed E-state index contributed by atoms with van der Waals surface area (Å²) in [5.74, 6) is 0.544. The average Bonchev–Trinajstić information content (AvgIpc) is 2.23. The van der Waals surface area contributed by atoms with Gasteiger partial charge in [0.2, 0.25) is 5.91 Å². The van der Waals surface area contributed by atoms with Crippen LogP contribution in [0.2, 0.25) is 0 Å². The quantitative estimate of drug-likeness (QED) is 0.583. The summed E-state index contributed by atoms with van der Waals surface area (Å²) >= 11 is 0. The summed E-state index contributed by atoms with van der Waals surface area (Å²) in [5.41, 5.74) is 4.98. The lowest BCUT2D eigenvalue weighted by molar-refractivity contribution is -0.123. The fourth-order valence-corrected chi connectivity index (χ4v) is 1.60. The van der Waals surface area contributed by atoms with Crippen molar-refractivity contribution in [3.63, 3.8) is 0 Å². The molecule has 1 atom stereocenters. The summed E-state index contributed by atoms with van der Waals surface area (Å²) in [6.45, 7) is 6.38. The molecule has 0 spiro atoms. The fourth-order valence-electron chi connectivity index (χ4n) is 1.60. The molecule has 0 bridgehead atoms. The zero-order valence-electron chi connectivity index (χ0n) is 10.8. The molecular formula is C12H26N2O2. The summed E-state index contributed by atoms with van der Waals surface area (Å²) < 4.78 is 0. The van der Waals surface area contributed by atoms with Crippen LogP contribution in [0.3, 0.4) is 0 Å². The van der Waals surface area contributed by atoms with Gasteiger partial charge in [-0.25, -0.2) is 0 Å². The molecule has 0 rings (SSSR count). The Morgan fingerprint density at radius 2 is 2.06 bits per heavy atom. The van der Waals surface area contributed by atoms with E-state index < -0.39 is 5.54 Å². The van der Waals surface area contributed by atoms with Crippen molar-refractivity contribution in [1.29, 1.82) is 0 Å². The minimum atomic E-state index is -0.521. The van der Waals surface area contributed by atoms with E-state index in [1.54, 1.807) is 0 Å². The molecule has 0 aromatic carbocycles.